The number of halogens is 1. The van der Waals surface area contributed by atoms with Crippen molar-refractivity contribution in [2.24, 2.45) is 0 Å². The van der Waals surface area contributed by atoms with Gasteiger partial charge in [-0.25, -0.2) is 0 Å². The Kier molecular flexibility index (Phi) is 3.10. The SMILES string of the molecule is COc1cc(C(C)=O)cc(C#N)c1Cl. The molecule has 0 saturated carbocycles. The van der Waals surface area contributed by atoms with Gasteiger partial charge in [-0.1, -0.05) is 11.6 Å². The van der Waals surface area contributed by atoms with Crippen molar-refractivity contribution in [3.63, 3.8) is 0 Å². The van der Waals surface area contributed by atoms with Crippen LogP contribution in [0.4, 0.5) is 0 Å². The van der Waals surface area contributed by atoms with E-state index < -0.39 is 0 Å². The second kappa shape index (κ2) is 4.12. The zero-order valence-electron chi connectivity index (χ0n) is 7.80. The molecule has 14 heavy (non-hydrogen) atoms. The standard InChI is InChI=1S/C10H8ClNO2/c1-6(13)7-3-8(5-12)10(11)9(4-7)14-2/h3-4H,1-2H3. The van der Waals surface area contributed by atoms with Crippen LogP contribution >= 0.6 is 11.6 Å². The van der Waals surface area contributed by atoms with Gasteiger partial charge in [0.1, 0.15) is 16.8 Å². The topological polar surface area (TPSA) is 50.1 Å². The maximum absolute atomic E-state index is 11.1. The van der Waals surface area contributed by atoms with Crippen molar-refractivity contribution in [3.8, 4) is 11.8 Å². The molecule has 1 aromatic carbocycles. The number of nitriles is 1. The fourth-order valence-corrected chi connectivity index (χ4v) is 1.26. The summed E-state index contributed by atoms with van der Waals surface area (Å²) in [7, 11) is 1.44. The third-order valence-corrected chi connectivity index (χ3v) is 2.18. The van der Waals surface area contributed by atoms with Crippen molar-refractivity contribution in [1.29, 1.82) is 5.26 Å². The molecule has 72 valence electrons. The number of hydrogen-bond donors (Lipinski definition) is 0. The van der Waals surface area contributed by atoms with Gasteiger partial charge in [-0.2, -0.15) is 5.26 Å². The van der Waals surface area contributed by atoms with Crippen molar-refractivity contribution < 1.29 is 9.53 Å². The molecule has 0 fully saturated rings. The lowest BCUT2D eigenvalue weighted by Crippen LogP contribution is -1.96. The minimum absolute atomic E-state index is 0.128. The molecule has 0 atom stereocenters. The molecular formula is C10H8ClNO2. The summed E-state index contributed by atoms with van der Waals surface area (Å²) in [6, 6.07) is 4.87. The molecule has 3 nitrogen and oxygen atoms in total. The summed E-state index contributed by atoms with van der Waals surface area (Å²) in [5.74, 6) is 0.215. The Morgan fingerprint density at radius 2 is 2.21 bits per heavy atom. The number of rotatable bonds is 2. The van der Waals surface area contributed by atoms with Gasteiger partial charge in [0.05, 0.1) is 12.7 Å². The summed E-state index contributed by atoms with van der Waals surface area (Å²) >= 11 is 5.83. The normalized spacial score (nSPS) is 9.29. The summed E-state index contributed by atoms with van der Waals surface area (Å²) in [4.78, 5) is 11.1. The first kappa shape index (κ1) is 10.6. The molecule has 0 aromatic heterocycles. The minimum Gasteiger partial charge on any atom is -0.495 e. The number of methoxy groups -OCH3 is 1. The Morgan fingerprint density at radius 1 is 1.57 bits per heavy atom. The van der Waals surface area contributed by atoms with Gasteiger partial charge in [0.25, 0.3) is 0 Å². The van der Waals surface area contributed by atoms with Crippen molar-refractivity contribution in [3.05, 3.63) is 28.3 Å². The molecule has 4 heteroatoms. The third-order valence-electron chi connectivity index (χ3n) is 1.79. The van der Waals surface area contributed by atoms with Gasteiger partial charge in [0.15, 0.2) is 5.78 Å². The number of Topliss-reactive ketones (excluding diaryl/α,β-unsaturated/α-hetero) is 1. The summed E-state index contributed by atoms with van der Waals surface area (Å²) in [6.45, 7) is 1.42. The molecule has 0 aliphatic heterocycles. The molecule has 1 aromatic rings. The minimum atomic E-state index is -0.128. The van der Waals surface area contributed by atoms with E-state index in [-0.39, 0.29) is 16.4 Å². The number of hydrogen-bond acceptors (Lipinski definition) is 3. The maximum atomic E-state index is 11.1. The quantitative estimate of drug-likeness (QED) is 0.703. The third kappa shape index (κ3) is 1.86. The monoisotopic (exact) mass is 209 g/mol. The highest BCUT2D eigenvalue weighted by Crippen LogP contribution is 2.29. The smallest absolute Gasteiger partial charge is 0.159 e. The lowest BCUT2D eigenvalue weighted by Gasteiger charge is -2.06. The molecule has 0 unspecified atom stereocenters. The van der Waals surface area contributed by atoms with Gasteiger partial charge < -0.3 is 4.74 Å². The summed E-state index contributed by atoms with van der Waals surface area (Å²) in [6.07, 6.45) is 0. The van der Waals surface area contributed by atoms with Crippen LogP contribution in [0.25, 0.3) is 0 Å². The van der Waals surface area contributed by atoms with Crippen LogP contribution in [0.1, 0.15) is 22.8 Å². The molecular weight excluding hydrogens is 202 g/mol. The Bertz CT molecular complexity index is 421. The van der Waals surface area contributed by atoms with Crippen LogP contribution in [-0.4, -0.2) is 12.9 Å². The molecule has 0 spiro atoms. The van der Waals surface area contributed by atoms with Crippen LogP contribution in [0.3, 0.4) is 0 Å². The van der Waals surface area contributed by atoms with Crippen LogP contribution in [0, 0.1) is 11.3 Å². The molecule has 0 radical (unpaired) electrons. The number of carbonyl (C=O) groups excluding carboxylic acids is 1. The van der Waals surface area contributed by atoms with E-state index in [2.05, 4.69) is 0 Å². The number of ketones is 1. The van der Waals surface area contributed by atoms with Crippen LogP contribution in [0.2, 0.25) is 5.02 Å². The fourth-order valence-electron chi connectivity index (χ4n) is 1.03. The van der Waals surface area contributed by atoms with Crippen LogP contribution < -0.4 is 4.74 Å². The Balaban J connectivity index is 3.41. The van der Waals surface area contributed by atoms with Crippen LogP contribution in [0.15, 0.2) is 12.1 Å². The first-order valence-electron chi connectivity index (χ1n) is 3.88. The van der Waals surface area contributed by atoms with E-state index >= 15 is 0 Å². The maximum Gasteiger partial charge on any atom is 0.159 e. The molecule has 0 bridgehead atoms. The zero-order chi connectivity index (χ0) is 10.7. The highest BCUT2D eigenvalue weighted by molar-refractivity contribution is 6.33. The van der Waals surface area contributed by atoms with E-state index in [1.54, 1.807) is 0 Å². The van der Waals surface area contributed by atoms with E-state index in [1.807, 2.05) is 6.07 Å². The first-order valence-corrected chi connectivity index (χ1v) is 4.26. The van der Waals surface area contributed by atoms with Crippen molar-refractivity contribution in [2.45, 2.75) is 6.92 Å². The van der Waals surface area contributed by atoms with Crippen LogP contribution in [0.5, 0.6) is 5.75 Å². The molecule has 1 rings (SSSR count). The van der Waals surface area contributed by atoms with E-state index in [9.17, 15) is 4.79 Å². The summed E-state index contributed by atoms with van der Waals surface area (Å²) in [5.41, 5.74) is 0.666. The highest BCUT2D eigenvalue weighted by atomic mass is 35.5. The number of ether oxygens (including phenoxy) is 1. The van der Waals surface area contributed by atoms with E-state index in [1.165, 1.54) is 26.2 Å². The Labute approximate surface area is 86.9 Å². The van der Waals surface area contributed by atoms with Gasteiger partial charge in [-0.05, 0) is 19.1 Å². The highest BCUT2D eigenvalue weighted by Gasteiger charge is 2.11. The van der Waals surface area contributed by atoms with Crippen LogP contribution in [-0.2, 0) is 0 Å². The van der Waals surface area contributed by atoms with E-state index in [0.717, 1.165) is 0 Å². The van der Waals surface area contributed by atoms with Gasteiger partial charge in [0.2, 0.25) is 0 Å². The lowest BCUT2D eigenvalue weighted by atomic mass is 10.1. The lowest BCUT2D eigenvalue weighted by molar-refractivity contribution is 0.101. The van der Waals surface area contributed by atoms with E-state index in [4.69, 9.17) is 21.6 Å². The molecule has 0 saturated heterocycles. The molecule has 0 amide bonds. The largest absolute Gasteiger partial charge is 0.495 e. The van der Waals surface area contributed by atoms with Gasteiger partial charge in [-0.15, -0.1) is 0 Å². The van der Waals surface area contributed by atoms with Gasteiger partial charge in [0, 0.05) is 5.56 Å². The second-order valence-corrected chi connectivity index (χ2v) is 3.09. The predicted octanol–water partition coefficient (Wildman–Crippen LogP) is 2.42. The molecule has 0 N–H and O–H groups in total. The Hall–Kier alpha value is -1.53. The number of carbonyl (C=O) groups is 1. The molecule has 0 aliphatic rings. The Morgan fingerprint density at radius 3 is 2.64 bits per heavy atom. The zero-order valence-corrected chi connectivity index (χ0v) is 8.55. The average Bonchev–Trinajstić information content (AvgIpc) is 2.17. The average molecular weight is 210 g/mol. The van der Waals surface area contributed by atoms with Crippen molar-refractivity contribution in [2.75, 3.05) is 7.11 Å². The fraction of sp³-hybridized carbons (Fsp3) is 0.200. The summed E-state index contributed by atoms with van der Waals surface area (Å²) < 4.78 is 4.94. The van der Waals surface area contributed by atoms with Gasteiger partial charge in [-0.3, -0.25) is 4.79 Å². The van der Waals surface area contributed by atoms with Gasteiger partial charge >= 0.3 is 0 Å². The summed E-state index contributed by atoms with van der Waals surface area (Å²) in [5, 5.41) is 8.98. The second-order valence-electron chi connectivity index (χ2n) is 2.71. The van der Waals surface area contributed by atoms with Crippen molar-refractivity contribution >= 4 is 17.4 Å². The van der Waals surface area contributed by atoms with Crippen molar-refractivity contribution in [1.82, 2.24) is 0 Å². The van der Waals surface area contributed by atoms with E-state index in [0.29, 0.717) is 11.3 Å². The molecule has 0 aliphatic carbocycles. The first-order chi connectivity index (χ1) is 6.60. The number of benzene rings is 1. The number of nitrogens with zero attached hydrogens (tertiary/aromatic N) is 1. The predicted molar refractivity (Wildman–Crippen MR) is 52.7 cm³/mol. The molecule has 0 heterocycles.